The lowest BCUT2D eigenvalue weighted by Crippen LogP contribution is -2.43. The molecule has 2 amide bonds. The highest BCUT2D eigenvalue weighted by atomic mass is 32.2. The van der Waals surface area contributed by atoms with Crippen molar-refractivity contribution in [2.75, 3.05) is 37.5 Å². The van der Waals surface area contributed by atoms with Crippen molar-refractivity contribution in [3.63, 3.8) is 0 Å². The third-order valence-electron chi connectivity index (χ3n) is 6.78. The van der Waals surface area contributed by atoms with E-state index in [4.69, 9.17) is 9.84 Å². The van der Waals surface area contributed by atoms with Crippen LogP contribution in [0.15, 0.2) is 42.5 Å². The van der Waals surface area contributed by atoms with Crippen LogP contribution in [-0.4, -0.2) is 54.2 Å². The van der Waals surface area contributed by atoms with E-state index in [9.17, 15) is 9.59 Å². The number of hydrogen-bond donors (Lipinski definition) is 1. The topological polar surface area (TPSA) is 76.5 Å². The minimum absolute atomic E-state index is 0.0865. The molecule has 0 fully saturated rings. The first-order chi connectivity index (χ1) is 18.0. The number of ether oxygens (including phenoxy) is 1. The third-order valence-corrected chi connectivity index (χ3v) is 8.02. The van der Waals surface area contributed by atoms with Crippen molar-refractivity contribution in [3.8, 4) is 5.69 Å². The van der Waals surface area contributed by atoms with Gasteiger partial charge in [-0.05, 0) is 43.5 Å². The molecule has 0 saturated carbocycles. The van der Waals surface area contributed by atoms with Gasteiger partial charge in [-0.3, -0.25) is 14.5 Å². The van der Waals surface area contributed by atoms with Gasteiger partial charge in [-0.25, -0.2) is 4.68 Å². The van der Waals surface area contributed by atoms with Gasteiger partial charge < -0.3 is 10.1 Å². The molecule has 0 radical (unpaired) electrons. The Bertz CT molecular complexity index is 1340. The van der Waals surface area contributed by atoms with Gasteiger partial charge in [0.15, 0.2) is 0 Å². The molecule has 3 aromatic rings. The standard InChI is InChI=1S/C30H38N4O3S/c1-19-12-13-23(21(3)16-19)34-29-26(28(32-34)30(4,5)6)27(22-11-9-8-10-20(22)2)38-18-25(36)33(29)17-24(35)31-14-15-37-7/h8-13,16,27H,14-15,17-18H2,1-7H3,(H,31,35). The van der Waals surface area contributed by atoms with Gasteiger partial charge in [0.25, 0.3) is 0 Å². The fourth-order valence-electron chi connectivity index (χ4n) is 4.90. The van der Waals surface area contributed by atoms with Crippen LogP contribution in [0.5, 0.6) is 0 Å². The average Bonchev–Trinajstić information content (AvgIpc) is 3.18. The number of aromatic nitrogens is 2. The molecular weight excluding hydrogens is 496 g/mol. The zero-order valence-corrected chi connectivity index (χ0v) is 24.2. The molecule has 1 aliphatic heterocycles. The summed E-state index contributed by atoms with van der Waals surface area (Å²) in [6.45, 7) is 13.4. The molecule has 1 N–H and O–H groups in total. The molecule has 2 heterocycles. The number of amides is 2. The molecule has 4 rings (SSSR count). The largest absolute Gasteiger partial charge is 0.383 e. The second-order valence-electron chi connectivity index (χ2n) is 10.9. The van der Waals surface area contributed by atoms with E-state index in [1.165, 1.54) is 0 Å². The van der Waals surface area contributed by atoms with Gasteiger partial charge in [0.2, 0.25) is 11.8 Å². The first-order valence-electron chi connectivity index (χ1n) is 13.0. The second-order valence-corrected chi connectivity index (χ2v) is 12.0. The molecular formula is C30H38N4O3S. The Morgan fingerprint density at radius 1 is 1.13 bits per heavy atom. The van der Waals surface area contributed by atoms with Crippen LogP contribution >= 0.6 is 11.8 Å². The first kappa shape index (κ1) is 27.9. The van der Waals surface area contributed by atoms with Crippen molar-refractivity contribution in [2.24, 2.45) is 0 Å². The van der Waals surface area contributed by atoms with E-state index in [1.54, 1.807) is 23.8 Å². The smallest absolute Gasteiger partial charge is 0.240 e. The van der Waals surface area contributed by atoms with Gasteiger partial charge in [-0.1, -0.05) is 62.7 Å². The van der Waals surface area contributed by atoms with Gasteiger partial charge in [-0.2, -0.15) is 5.10 Å². The Morgan fingerprint density at radius 3 is 2.53 bits per heavy atom. The van der Waals surface area contributed by atoms with E-state index in [-0.39, 0.29) is 34.8 Å². The zero-order chi connectivity index (χ0) is 27.6. The summed E-state index contributed by atoms with van der Waals surface area (Å²) in [5.74, 6) is 0.592. The van der Waals surface area contributed by atoms with Crippen LogP contribution in [0, 0.1) is 20.8 Å². The van der Waals surface area contributed by atoms with Crippen molar-refractivity contribution in [1.29, 1.82) is 0 Å². The predicted molar refractivity (Wildman–Crippen MR) is 154 cm³/mol. The molecule has 1 aromatic heterocycles. The number of anilines is 1. The molecule has 0 saturated heterocycles. The van der Waals surface area contributed by atoms with Crippen LogP contribution in [0.1, 0.15) is 59.5 Å². The summed E-state index contributed by atoms with van der Waals surface area (Å²) in [6, 6.07) is 14.5. The SMILES string of the molecule is COCCNC(=O)CN1C(=O)CSC(c2ccccc2C)c2c(C(C)(C)C)nn(-c3ccc(C)cc3C)c21. The number of carbonyl (C=O) groups excluding carboxylic acids is 2. The second kappa shape index (κ2) is 11.3. The number of carbonyl (C=O) groups is 2. The Labute approximate surface area is 229 Å². The summed E-state index contributed by atoms with van der Waals surface area (Å²) in [6.07, 6.45) is 0. The minimum Gasteiger partial charge on any atom is -0.383 e. The number of nitrogens with zero attached hydrogens (tertiary/aromatic N) is 3. The lowest BCUT2D eigenvalue weighted by Gasteiger charge is -2.25. The maximum atomic E-state index is 13.7. The molecule has 0 aliphatic carbocycles. The van der Waals surface area contributed by atoms with Gasteiger partial charge in [-0.15, -0.1) is 11.8 Å². The van der Waals surface area contributed by atoms with Crippen LogP contribution < -0.4 is 10.2 Å². The lowest BCUT2D eigenvalue weighted by atomic mass is 9.86. The van der Waals surface area contributed by atoms with Crippen molar-refractivity contribution in [1.82, 2.24) is 15.1 Å². The molecule has 8 heteroatoms. The maximum absolute atomic E-state index is 13.7. The number of benzene rings is 2. The molecule has 2 aromatic carbocycles. The van der Waals surface area contributed by atoms with Crippen LogP contribution in [-0.2, 0) is 19.7 Å². The van der Waals surface area contributed by atoms with E-state index >= 15 is 0 Å². The Balaban J connectivity index is 2.00. The van der Waals surface area contributed by atoms with Crippen molar-refractivity contribution >= 4 is 29.4 Å². The molecule has 38 heavy (non-hydrogen) atoms. The molecule has 0 spiro atoms. The van der Waals surface area contributed by atoms with Crippen LogP contribution in [0.3, 0.4) is 0 Å². The Hall–Kier alpha value is -3.10. The van der Waals surface area contributed by atoms with E-state index in [2.05, 4.69) is 71.1 Å². The summed E-state index contributed by atoms with van der Waals surface area (Å²) >= 11 is 1.60. The summed E-state index contributed by atoms with van der Waals surface area (Å²) in [4.78, 5) is 28.4. The fraction of sp³-hybridized carbons (Fsp3) is 0.433. The normalized spacial score (nSPS) is 15.8. The summed E-state index contributed by atoms with van der Waals surface area (Å²) in [7, 11) is 1.59. The molecule has 1 unspecified atom stereocenters. The van der Waals surface area contributed by atoms with Crippen molar-refractivity contribution < 1.29 is 14.3 Å². The number of hydrogen-bond acceptors (Lipinski definition) is 5. The highest BCUT2D eigenvalue weighted by Crippen LogP contribution is 2.49. The highest BCUT2D eigenvalue weighted by molar-refractivity contribution is 8.00. The molecule has 1 atom stereocenters. The Kier molecular flexibility index (Phi) is 8.33. The van der Waals surface area contributed by atoms with Crippen LogP contribution in [0.4, 0.5) is 5.82 Å². The van der Waals surface area contributed by atoms with Crippen LogP contribution in [0.2, 0.25) is 0 Å². The van der Waals surface area contributed by atoms with E-state index in [0.717, 1.165) is 39.2 Å². The maximum Gasteiger partial charge on any atom is 0.240 e. The highest BCUT2D eigenvalue weighted by Gasteiger charge is 2.40. The Morgan fingerprint density at radius 2 is 1.87 bits per heavy atom. The number of aryl methyl sites for hydroxylation is 3. The summed E-state index contributed by atoms with van der Waals surface area (Å²) < 4.78 is 6.97. The summed E-state index contributed by atoms with van der Waals surface area (Å²) in [5.41, 5.74) is 7.04. The molecule has 1 aliphatic rings. The number of methoxy groups -OCH3 is 1. The first-order valence-corrected chi connectivity index (χ1v) is 14.0. The number of rotatable bonds is 7. The van der Waals surface area contributed by atoms with E-state index < -0.39 is 0 Å². The van der Waals surface area contributed by atoms with Crippen molar-refractivity contribution in [2.45, 2.75) is 52.2 Å². The summed E-state index contributed by atoms with van der Waals surface area (Å²) in [5, 5.41) is 7.97. The van der Waals surface area contributed by atoms with E-state index in [1.807, 2.05) is 22.9 Å². The van der Waals surface area contributed by atoms with Crippen molar-refractivity contribution in [3.05, 3.63) is 76.0 Å². The van der Waals surface area contributed by atoms with Gasteiger partial charge in [0, 0.05) is 24.6 Å². The third kappa shape index (κ3) is 5.66. The zero-order valence-electron chi connectivity index (χ0n) is 23.4. The average molecular weight is 535 g/mol. The quantitative estimate of drug-likeness (QED) is 0.431. The molecule has 7 nitrogen and oxygen atoms in total. The van der Waals surface area contributed by atoms with Crippen LogP contribution in [0.25, 0.3) is 5.69 Å². The van der Waals surface area contributed by atoms with E-state index in [0.29, 0.717) is 19.0 Å². The minimum atomic E-state index is -0.296. The van der Waals surface area contributed by atoms with Gasteiger partial charge in [0.05, 0.1) is 29.0 Å². The lowest BCUT2D eigenvalue weighted by molar-refractivity contribution is -0.123. The monoisotopic (exact) mass is 534 g/mol. The fourth-order valence-corrected chi connectivity index (χ4v) is 6.20. The molecule has 0 bridgehead atoms. The van der Waals surface area contributed by atoms with Gasteiger partial charge in [0.1, 0.15) is 12.4 Å². The number of thioether (sulfide) groups is 1. The molecule has 202 valence electrons. The number of fused-ring (bicyclic) bond motifs is 1. The predicted octanol–water partition coefficient (Wildman–Crippen LogP) is 5.03. The number of nitrogens with one attached hydrogen (secondary N) is 1. The van der Waals surface area contributed by atoms with Gasteiger partial charge >= 0.3 is 0 Å².